The summed E-state index contributed by atoms with van der Waals surface area (Å²) in [6.07, 6.45) is 2.14. The molecule has 11 heavy (non-hydrogen) atoms. The SMILES string of the molecule is CC(C)CCCCC(F)CF. The van der Waals surface area contributed by atoms with Crippen LogP contribution in [0.2, 0.25) is 0 Å². The number of hydrogen-bond acceptors (Lipinski definition) is 0. The molecule has 2 heteroatoms. The van der Waals surface area contributed by atoms with Crippen molar-refractivity contribution in [2.75, 3.05) is 6.67 Å². The van der Waals surface area contributed by atoms with Gasteiger partial charge in [0.15, 0.2) is 0 Å². The Morgan fingerprint density at radius 3 is 2.09 bits per heavy atom. The Balaban J connectivity index is 3.01. The van der Waals surface area contributed by atoms with Crippen LogP contribution in [-0.4, -0.2) is 12.8 Å². The van der Waals surface area contributed by atoms with Crippen molar-refractivity contribution in [1.29, 1.82) is 0 Å². The molecule has 0 aromatic rings. The molecule has 0 aliphatic heterocycles. The largest absolute Gasteiger partial charge is 0.248 e. The quantitative estimate of drug-likeness (QED) is 0.527. The molecule has 0 aliphatic rings. The summed E-state index contributed by atoms with van der Waals surface area (Å²) in [6, 6.07) is 0. The maximum atomic E-state index is 12.3. The molecule has 0 aromatic heterocycles. The van der Waals surface area contributed by atoms with Crippen LogP contribution in [0.5, 0.6) is 0 Å². The van der Waals surface area contributed by atoms with Crippen molar-refractivity contribution in [3.8, 4) is 0 Å². The van der Waals surface area contributed by atoms with Gasteiger partial charge in [-0.2, -0.15) is 0 Å². The fourth-order valence-electron chi connectivity index (χ4n) is 0.996. The van der Waals surface area contributed by atoms with Crippen LogP contribution in [0.25, 0.3) is 0 Å². The molecule has 0 aromatic carbocycles. The van der Waals surface area contributed by atoms with Gasteiger partial charge in [-0.05, 0) is 12.3 Å². The highest BCUT2D eigenvalue weighted by molar-refractivity contribution is 4.54. The van der Waals surface area contributed by atoms with Gasteiger partial charge in [0.05, 0.1) is 0 Å². The molecule has 0 spiro atoms. The fourth-order valence-corrected chi connectivity index (χ4v) is 0.996. The van der Waals surface area contributed by atoms with Crippen LogP contribution in [0.3, 0.4) is 0 Å². The van der Waals surface area contributed by atoms with Gasteiger partial charge >= 0.3 is 0 Å². The van der Waals surface area contributed by atoms with Crippen LogP contribution in [0, 0.1) is 5.92 Å². The van der Waals surface area contributed by atoms with Gasteiger partial charge in [0.2, 0.25) is 0 Å². The van der Waals surface area contributed by atoms with Crippen molar-refractivity contribution < 1.29 is 8.78 Å². The van der Waals surface area contributed by atoms with Crippen LogP contribution in [-0.2, 0) is 0 Å². The molecule has 0 rings (SSSR count). The Morgan fingerprint density at radius 2 is 1.64 bits per heavy atom. The summed E-state index contributed by atoms with van der Waals surface area (Å²) in [5, 5.41) is 0. The third kappa shape index (κ3) is 7.76. The van der Waals surface area contributed by atoms with Gasteiger partial charge in [-0.1, -0.05) is 33.1 Å². The summed E-state index contributed by atoms with van der Waals surface area (Å²) in [6.45, 7) is 3.46. The third-order valence-corrected chi connectivity index (χ3v) is 1.72. The molecule has 0 bridgehead atoms. The molecule has 0 heterocycles. The molecular formula is C9H18F2. The van der Waals surface area contributed by atoms with Crippen LogP contribution in [0.4, 0.5) is 8.78 Å². The van der Waals surface area contributed by atoms with E-state index in [1.807, 2.05) is 0 Å². The fraction of sp³-hybridized carbons (Fsp3) is 1.00. The van der Waals surface area contributed by atoms with Crippen molar-refractivity contribution in [3.05, 3.63) is 0 Å². The number of hydrogen-bond donors (Lipinski definition) is 0. The van der Waals surface area contributed by atoms with Crippen LogP contribution < -0.4 is 0 Å². The van der Waals surface area contributed by atoms with Gasteiger partial charge in [-0.15, -0.1) is 0 Å². The zero-order chi connectivity index (χ0) is 8.69. The first kappa shape index (κ1) is 10.9. The van der Waals surface area contributed by atoms with E-state index in [2.05, 4.69) is 13.8 Å². The number of rotatable bonds is 6. The highest BCUT2D eigenvalue weighted by Gasteiger charge is 2.04. The lowest BCUT2D eigenvalue weighted by atomic mass is 10.0. The Bertz CT molecular complexity index is 81.6. The van der Waals surface area contributed by atoms with Gasteiger partial charge < -0.3 is 0 Å². The highest BCUT2D eigenvalue weighted by Crippen LogP contribution is 2.11. The van der Waals surface area contributed by atoms with Crippen molar-refractivity contribution in [2.24, 2.45) is 5.92 Å². The molecule has 0 radical (unpaired) electrons. The molecule has 0 fully saturated rings. The maximum absolute atomic E-state index is 12.3. The molecule has 0 nitrogen and oxygen atoms in total. The second-order valence-corrected chi connectivity index (χ2v) is 3.43. The van der Waals surface area contributed by atoms with Crippen molar-refractivity contribution in [2.45, 2.75) is 45.7 Å². The predicted octanol–water partition coefficient (Wildman–Crippen LogP) is 3.51. The first-order valence-corrected chi connectivity index (χ1v) is 4.36. The van der Waals surface area contributed by atoms with E-state index in [4.69, 9.17) is 0 Å². The zero-order valence-electron chi connectivity index (χ0n) is 7.45. The van der Waals surface area contributed by atoms with Crippen molar-refractivity contribution in [3.63, 3.8) is 0 Å². The van der Waals surface area contributed by atoms with E-state index in [-0.39, 0.29) is 0 Å². The first-order valence-electron chi connectivity index (χ1n) is 4.36. The van der Waals surface area contributed by atoms with Crippen LogP contribution in [0.15, 0.2) is 0 Å². The summed E-state index contributed by atoms with van der Waals surface area (Å²) >= 11 is 0. The molecule has 1 atom stereocenters. The van der Waals surface area contributed by atoms with Crippen molar-refractivity contribution >= 4 is 0 Å². The number of halogens is 2. The van der Waals surface area contributed by atoms with Crippen LogP contribution >= 0.6 is 0 Å². The van der Waals surface area contributed by atoms with E-state index in [0.717, 1.165) is 19.3 Å². The number of unbranched alkanes of at least 4 members (excludes halogenated alkanes) is 1. The molecule has 0 amide bonds. The van der Waals surface area contributed by atoms with Gasteiger partial charge in [0, 0.05) is 0 Å². The van der Waals surface area contributed by atoms with E-state index in [9.17, 15) is 8.78 Å². The Labute approximate surface area is 68.0 Å². The monoisotopic (exact) mass is 164 g/mol. The highest BCUT2D eigenvalue weighted by atomic mass is 19.2. The minimum absolute atomic E-state index is 0.392. The summed E-state index contributed by atoms with van der Waals surface area (Å²) in [5.74, 6) is 0.679. The molecule has 1 unspecified atom stereocenters. The average molecular weight is 164 g/mol. The second kappa shape index (κ2) is 6.56. The number of alkyl halides is 2. The molecule has 0 saturated heterocycles. The smallest absolute Gasteiger partial charge is 0.128 e. The maximum Gasteiger partial charge on any atom is 0.128 e. The standard InChI is InChI=1S/C9H18F2/c1-8(2)5-3-4-6-9(11)7-10/h8-9H,3-7H2,1-2H3. The lowest BCUT2D eigenvalue weighted by Gasteiger charge is -2.05. The summed E-state index contributed by atoms with van der Waals surface area (Å²) in [4.78, 5) is 0. The predicted molar refractivity (Wildman–Crippen MR) is 44.2 cm³/mol. The molecule has 0 aliphatic carbocycles. The minimum Gasteiger partial charge on any atom is -0.248 e. The van der Waals surface area contributed by atoms with Gasteiger partial charge in [-0.25, -0.2) is 8.78 Å². The summed E-state index contributed by atoms with van der Waals surface area (Å²) in [5.41, 5.74) is 0. The molecule has 0 N–H and O–H groups in total. The van der Waals surface area contributed by atoms with E-state index in [1.54, 1.807) is 0 Å². The minimum atomic E-state index is -1.22. The zero-order valence-corrected chi connectivity index (χ0v) is 7.45. The Kier molecular flexibility index (Phi) is 6.48. The summed E-state index contributed by atoms with van der Waals surface area (Å²) < 4.78 is 23.9. The average Bonchev–Trinajstić information content (AvgIpc) is 1.97. The Morgan fingerprint density at radius 1 is 1.09 bits per heavy atom. The van der Waals surface area contributed by atoms with E-state index in [0.29, 0.717) is 12.3 Å². The van der Waals surface area contributed by atoms with Crippen LogP contribution in [0.1, 0.15) is 39.5 Å². The molecule has 68 valence electrons. The lowest BCUT2D eigenvalue weighted by molar-refractivity contribution is 0.240. The van der Waals surface area contributed by atoms with Gasteiger partial charge in [-0.3, -0.25) is 0 Å². The summed E-state index contributed by atoms with van der Waals surface area (Å²) in [7, 11) is 0. The van der Waals surface area contributed by atoms with Gasteiger partial charge in [0.1, 0.15) is 12.8 Å². The van der Waals surface area contributed by atoms with Crippen molar-refractivity contribution in [1.82, 2.24) is 0 Å². The normalized spacial score (nSPS) is 13.9. The molecular weight excluding hydrogens is 146 g/mol. The topological polar surface area (TPSA) is 0 Å². The molecule has 0 saturated carbocycles. The first-order chi connectivity index (χ1) is 5.16. The lowest BCUT2D eigenvalue weighted by Crippen LogP contribution is -2.01. The third-order valence-electron chi connectivity index (χ3n) is 1.72. The van der Waals surface area contributed by atoms with E-state index < -0.39 is 12.8 Å². The van der Waals surface area contributed by atoms with E-state index >= 15 is 0 Å². The van der Waals surface area contributed by atoms with Gasteiger partial charge in [0.25, 0.3) is 0 Å². The second-order valence-electron chi connectivity index (χ2n) is 3.43. The van der Waals surface area contributed by atoms with E-state index in [1.165, 1.54) is 0 Å². The Hall–Kier alpha value is -0.140.